The molecule has 2 heterocycles. The van der Waals surface area contributed by atoms with Crippen molar-refractivity contribution >= 4 is 15.7 Å². The van der Waals surface area contributed by atoms with Crippen molar-refractivity contribution in [3.63, 3.8) is 0 Å². The molecule has 0 spiro atoms. The minimum atomic E-state index is -2.89. The molecular formula is C13H21N3O3S. The molecule has 1 aliphatic rings. The third-order valence-corrected chi connectivity index (χ3v) is 5.17. The number of nitrogens with zero attached hydrogens (tertiary/aromatic N) is 2. The second-order valence-electron chi connectivity index (χ2n) is 6.19. The van der Waals surface area contributed by atoms with E-state index in [1.165, 1.54) is 0 Å². The molecule has 0 saturated carbocycles. The van der Waals surface area contributed by atoms with E-state index in [2.05, 4.69) is 10.3 Å². The monoisotopic (exact) mass is 299 g/mol. The third kappa shape index (κ3) is 3.39. The van der Waals surface area contributed by atoms with Gasteiger partial charge >= 0.3 is 0 Å². The molecule has 2 rings (SSSR count). The van der Waals surface area contributed by atoms with E-state index in [0.29, 0.717) is 18.7 Å². The van der Waals surface area contributed by atoms with Gasteiger partial charge in [0.1, 0.15) is 9.84 Å². The lowest BCUT2D eigenvalue weighted by Crippen LogP contribution is -2.38. The van der Waals surface area contributed by atoms with Crippen LogP contribution in [-0.2, 0) is 15.4 Å². The summed E-state index contributed by atoms with van der Waals surface area (Å²) >= 11 is 0. The van der Waals surface area contributed by atoms with Crippen LogP contribution in [0.4, 0.5) is 5.82 Å². The largest absolute Gasteiger partial charge is 0.363 e. The predicted octanol–water partition coefficient (Wildman–Crippen LogP) is 0.987. The maximum atomic E-state index is 12.3. The van der Waals surface area contributed by atoms with Crippen molar-refractivity contribution in [1.82, 2.24) is 9.55 Å². The van der Waals surface area contributed by atoms with Gasteiger partial charge in [0, 0.05) is 24.0 Å². The molecule has 1 aromatic heterocycles. The Morgan fingerprint density at radius 3 is 2.45 bits per heavy atom. The number of rotatable bonds is 2. The van der Waals surface area contributed by atoms with E-state index >= 15 is 0 Å². The highest BCUT2D eigenvalue weighted by atomic mass is 32.2. The van der Waals surface area contributed by atoms with Gasteiger partial charge in [-0.1, -0.05) is 0 Å². The van der Waals surface area contributed by atoms with E-state index in [9.17, 15) is 13.2 Å². The molecule has 0 atom stereocenters. The zero-order valence-corrected chi connectivity index (χ0v) is 12.9. The number of nitrogens with one attached hydrogen (secondary N) is 1. The second kappa shape index (κ2) is 5.20. The Bertz CT molecular complexity index is 630. The van der Waals surface area contributed by atoms with Crippen LogP contribution in [-0.4, -0.2) is 35.5 Å². The van der Waals surface area contributed by atoms with E-state index < -0.39 is 9.84 Å². The van der Waals surface area contributed by atoms with Crippen LogP contribution in [0.25, 0.3) is 0 Å². The van der Waals surface area contributed by atoms with Gasteiger partial charge < -0.3 is 9.88 Å². The summed E-state index contributed by atoms with van der Waals surface area (Å²) in [4.78, 5) is 16.4. The smallest absolute Gasteiger partial charge is 0.293 e. The molecule has 1 N–H and O–H groups in total. The highest BCUT2D eigenvalue weighted by molar-refractivity contribution is 7.91. The Kier molecular flexibility index (Phi) is 3.90. The molecule has 0 bridgehead atoms. The molecular weight excluding hydrogens is 278 g/mol. The number of aromatic nitrogens is 2. The van der Waals surface area contributed by atoms with Crippen molar-refractivity contribution in [2.24, 2.45) is 0 Å². The Morgan fingerprint density at radius 1 is 1.30 bits per heavy atom. The summed E-state index contributed by atoms with van der Waals surface area (Å²) in [5, 5.41) is 3.09. The maximum Gasteiger partial charge on any atom is 0.293 e. The van der Waals surface area contributed by atoms with Gasteiger partial charge in [0.15, 0.2) is 5.82 Å². The van der Waals surface area contributed by atoms with Crippen LogP contribution in [0.15, 0.2) is 17.2 Å². The number of anilines is 1. The molecule has 0 amide bonds. The van der Waals surface area contributed by atoms with Gasteiger partial charge in [-0.05, 0) is 33.6 Å². The molecule has 1 aliphatic heterocycles. The topological polar surface area (TPSA) is 81.1 Å². The first kappa shape index (κ1) is 15.0. The molecule has 20 heavy (non-hydrogen) atoms. The van der Waals surface area contributed by atoms with Gasteiger partial charge in [-0.3, -0.25) is 4.79 Å². The van der Waals surface area contributed by atoms with Gasteiger partial charge in [0.25, 0.3) is 5.56 Å². The summed E-state index contributed by atoms with van der Waals surface area (Å²) in [5.74, 6) is 0.641. The van der Waals surface area contributed by atoms with Crippen molar-refractivity contribution < 1.29 is 8.42 Å². The van der Waals surface area contributed by atoms with Crippen molar-refractivity contribution in [1.29, 1.82) is 0 Å². The average molecular weight is 299 g/mol. The van der Waals surface area contributed by atoms with Crippen molar-refractivity contribution in [2.45, 2.75) is 45.2 Å². The summed E-state index contributed by atoms with van der Waals surface area (Å²) in [6, 6.07) is -0.00505. The summed E-state index contributed by atoms with van der Waals surface area (Å²) in [6.07, 6.45) is 4.30. The zero-order chi connectivity index (χ0) is 15.0. The van der Waals surface area contributed by atoms with E-state index in [1.807, 2.05) is 20.8 Å². The Hall–Kier alpha value is -1.37. The predicted molar refractivity (Wildman–Crippen MR) is 78.8 cm³/mol. The number of hydrogen-bond acceptors (Lipinski definition) is 5. The van der Waals surface area contributed by atoms with Gasteiger partial charge in [-0.25, -0.2) is 13.4 Å². The molecule has 0 unspecified atom stereocenters. The fourth-order valence-corrected chi connectivity index (χ4v) is 3.76. The lowest BCUT2D eigenvalue weighted by Gasteiger charge is -2.25. The standard InChI is InChI=1S/C13H21N3O3S/c1-13(2,3)16-7-6-14-11(12(16)17)15-10-4-8-20(18,19)9-5-10/h6-7,10H,4-5,8-9H2,1-3H3,(H,14,15). The molecule has 7 heteroatoms. The van der Waals surface area contributed by atoms with Gasteiger partial charge in [0.05, 0.1) is 11.5 Å². The first-order chi connectivity index (χ1) is 9.19. The van der Waals surface area contributed by atoms with Crippen LogP contribution in [0.2, 0.25) is 0 Å². The Balaban J connectivity index is 2.17. The van der Waals surface area contributed by atoms with Crippen LogP contribution in [0.3, 0.4) is 0 Å². The summed E-state index contributed by atoms with van der Waals surface area (Å²) in [5.41, 5.74) is -0.486. The highest BCUT2D eigenvalue weighted by Gasteiger charge is 2.25. The summed E-state index contributed by atoms with van der Waals surface area (Å²) < 4.78 is 24.4. The van der Waals surface area contributed by atoms with Gasteiger partial charge in [-0.2, -0.15) is 0 Å². The molecule has 0 radical (unpaired) electrons. The number of hydrogen-bond donors (Lipinski definition) is 1. The van der Waals surface area contributed by atoms with Gasteiger partial charge in [0.2, 0.25) is 0 Å². The molecule has 1 fully saturated rings. The lowest BCUT2D eigenvalue weighted by atomic mass is 10.1. The fraction of sp³-hybridized carbons (Fsp3) is 0.692. The quantitative estimate of drug-likeness (QED) is 0.880. The molecule has 0 aromatic carbocycles. The van der Waals surface area contributed by atoms with Crippen LogP contribution < -0.4 is 10.9 Å². The SMILES string of the molecule is CC(C)(C)n1ccnc(NC2CCS(=O)(=O)CC2)c1=O. The van der Waals surface area contributed by atoms with Crippen LogP contribution in [0.5, 0.6) is 0 Å². The first-order valence-electron chi connectivity index (χ1n) is 6.74. The minimum Gasteiger partial charge on any atom is -0.363 e. The normalized spacial score (nSPS) is 19.8. The van der Waals surface area contributed by atoms with Crippen molar-refractivity contribution in [3.8, 4) is 0 Å². The van der Waals surface area contributed by atoms with E-state index in [4.69, 9.17) is 0 Å². The van der Waals surface area contributed by atoms with E-state index in [1.54, 1.807) is 17.0 Å². The lowest BCUT2D eigenvalue weighted by molar-refractivity contribution is 0.383. The molecule has 0 aliphatic carbocycles. The highest BCUT2D eigenvalue weighted by Crippen LogP contribution is 2.16. The van der Waals surface area contributed by atoms with Crippen LogP contribution in [0.1, 0.15) is 33.6 Å². The Morgan fingerprint density at radius 2 is 1.90 bits per heavy atom. The molecule has 6 nitrogen and oxygen atoms in total. The van der Waals surface area contributed by atoms with Gasteiger partial charge in [-0.15, -0.1) is 0 Å². The summed E-state index contributed by atoms with van der Waals surface area (Å²) in [6.45, 7) is 5.85. The zero-order valence-electron chi connectivity index (χ0n) is 12.1. The number of sulfone groups is 1. The Labute approximate surface area is 119 Å². The van der Waals surface area contributed by atoms with E-state index in [0.717, 1.165) is 0 Å². The fourth-order valence-electron chi connectivity index (χ4n) is 2.27. The average Bonchev–Trinajstić information content (AvgIpc) is 2.33. The van der Waals surface area contributed by atoms with Crippen molar-refractivity contribution in [3.05, 3.63) is 22.7 Å². The molecule has 1 aromatic rings. The molecule has 112 valence electrons. The third-order valence-electron chi connectivity index (χ3n) is 3.46. The maximum absolute atomic E-state index is 12.3. The van der Waals surface area contributed by atoms with Crippen LogP contribution >= 0.6 is 0 Å². The molecule has 1 saturated heterocycles. The summed E-state index contributed by atoms with van der Waals surface area (Å²) in [7, 11) is -2.89. The van der Waals surface area contributed by atoms with Crippen LogP contribution in [0, 0.1) is 0 Å². The second-order valence-corrected chi connectivity index (χ2v) is 8.50. The van der Waals surface area contributed by atoms with E-state index in [-0.39, 0.29) is 28.6 Å². The van der Waals surface area contributed by atoms with Crippen molar-refractivity contribution in [2.75, 3.05) is 16.8 Å². The first-order valence-corrected chi connectivity index (χ1v) is 8.56. The minimum absolute atomic E-state index is 0.00505.